The number of hydrogen-bond donors (Lipinski definition) is 2. The highest BCUT2D eigenvalue weighted by atomic mass is 79.9. The fourth-order valence-electron chi connectivity index (χ4n) is 2.93. The maximum Gasteiger partial charge on any atom is 0.257 e. The molecule has 1 amide bonds. The topological polar surface area (TPSA) is 61.8 Å². The molecule has 5 nitrogen and oxygen atoms in total. The van der Waals surface area contributed by atoms with Gasteiger partial charge in [0.1, 0.15) is 0 Å². The van der Waals surface area contributed by atoms with Gasteiger partial charge in [-0.1, -0.05) is 0 Å². The van der Waals surface area contributed by atoms with E-state index >= 15 is 0 Å². The summed E-state index contributed by atoms with van der Waals surface area (Å²) in [6.45, 7) is 4.63. The molecule has 0 aromatic heterocycles. The quantitative estimate of drug-likeness (QED) is 0.871. The van der Waals surface area contributed by atoms with Crippen molar-refractivity contribution in [2.45, 2.75) is 32.0 Å². The van der Waals surface area contributed by atoms with E-state index in [0.717, 1.165) is 42.7 Å². The van der Waals surface area contributed by atoms with Gasteiger partial charge in [-0.2, -0.15) is 0 Å². The van der Waals surface area contributed by atoms with Crippen LogP contribution in [-0.4, -0.2) is 36.8 Å². The summed E-state index contributed by atoms with van der Waals surface area (Å²) in [5, 5.41) is 12.5. The Morgan fingerprint density at radius 3 is 3.00 bits per heavy atom. The number of carbonyl (C=O) groups excluding carboxylic acids is 1. The first-order valence-electron chi connectivity index (χ1n) is 7.29. The minimum Gasteiger partial charge on any atom is -0.378 e. The number of nitrogens with one attached hydrogen (secondary N) is 1. The van der Waals surface area contributed by atoms with Crippen LogP contribution in [-0.2, 0) is 9.53 Å². The van der Waals surface area contributed by atoms with Crippen molar-refractivity contribution in [2.75, 3.05) is 29.9 Å². The van der Waals surface area contributed by atoms with Gasteiger partial charge in [0.2, 0.25) is 0 Å². The zero-order valence-corrected chi connectivity index (χ0v) is 13.5. The van der Waals surface area contributed by atoms with Crippen LogP contribution < -0.4 is 10.2 Å². The summed E-state index contributed by atoms with van der Waals surface area (Å²) < 4.78 is 6.59. The monoisotopic (exact) mass is 354 g/mol. The number of ether oxygens (including phenoxy) is 1. The third-order valence-corrected chi connectivity index (χ3v) is 4.73. The molecule has 1 saturated heterocycles. The maximum absolute atomic E-state index is 11.6. The molecule has 1 aromatic rings. The van der Waals surface area contributed by atoms with E-state index < -0.39 is 6.10 Å². The fraction of sp³-hybridized carbons (Fsp3) is 0.533. The fourth-order valence-corrected chi connectivity index (χ4v) is 3.54. The summed E-state index contributed by atoms with van der Waals surface area (Å²) in [6, 6.07) is 3.75. The van der Waals surface area contributed by atoms with Gasteiger partial charge in [-0.3, -0.25) is 4.79 Å². The van der Waals surface area contributed by atoms with Crippen molar-refractivity contribution < 1.29 is 14.6 Å². The molecule has 0 saturated carbocycles. The first-order valence-corrected chi connectivity index (χ1v) is 8.08. The Labute approximate surface area is 132 Å². The standard InChI is InChI=1S/C15H19BrN2O3/c1-2-18(8-9-4-3-5-21-9)13-7-12-10(6-11(13)16)14(19)15(20)17-12/h6-7,9,14,19H,2-5,8H2,1H3,(H,17,20). The summed E-state index contributed by atoms with van der Waals surface area (Å²) in [5.41, 5.74) is 2.33. The molecule has 0 bridgehead atoms. The van der Waals surface area contributed by atoms with Gasteiger partial charge in [0.25, 0.3) is 5.91 Å². The average Bonchev–Trinajstić information content (AvgIpc) is 3.06. The van der Waals surface area contributed by atoms with Crippen molar-refractivity contribution in [3.05, 3.63) is 22.2 Å². The molecule has 0 aliphatic carbocycles. The molecule has 2 unspecified atom stereocenters. The molecule has 2 N–H and O–H groups in total. The lowest BCUT2D eigenvalue weighted by Crippen LogP contribution is -2.32. The van der Waals surface area contributed by atoms with E-state index in [1.54, 1.807) is 0 Å². The van der Waals surface area contributed by atoms with Crippen molar-refractivity contribution in [3.8, 4) is 0 Å². The summed E-state index contributed by atoms with van der Waals surface area (Å²) >= 11 is 3.56. The van der Waals surface area contributed by atoms with E-state index in [9.17, 15) is 9.90 Å². The lowest BCUT2D eigenvalue weighted by Gasteiger charge is -2.27. The molecular weight excluding hydrogens is 336 g/mol. The van der Waals surface area contributed by atoms with Gasteiger partial charge in [-0.05, 0) is 47.8 Å². The molecule has 2 atom stereocenters. The summed E-state index contributed by atoms with van der Waals surface area (Å²) in [6.07, 6.45) is 1.41. The van der Waals surface area contributed by atoms with Crippen LogP contribution in [0.4, 0.5) is 11.4 Å². The van der Waals surface area contributed by atoms with Gasteiger partial charge in [0, 0.05) is 35.4 Å². The first-order chi connectivity index (χ1) is 10.1. The highest BCUT2D eigenvalue weighted by Crippen LogP contribution is 2.39. The number of hydrogen-bond acceptors (Lipinski definition) is 4. The molecule has 2 aliphatic rings. The molecule has 0 radical (unpaired) electrons. The zero-order valence-electron chi connectivity index (χ0n) is 11.9. The normalized spacial score (nSPS) is 24.0. The number of halogens is 1. The number of benzene rings is 1. The molecule has 0 spiro atoms. The number of nitrogens with zero attached hydrogens (tertiary/aromatic N) is 1. The predicted molar refractivity (Wildman–Crippen MR) is 84.6 cm³/mol. The largest absolute Gasteiger partial charge is 0.378 e. The van der Waals surface area contributed by atoms with Gasteiger partial charge in [-0.25, -0.2) is 0 Å². The second-order valence-corrected chi connectivity index (χ2v) is 6.31. The van der Waals surface area contributed by atoms with Crippen LogP contribution >= 0.6 is 15.9 Å². The van der Waals surface area contributed by atoms with Crippen LogP contribution in [0.25, 0.3) is 0 Å². The van der Waals surface area contributed by atoms with E-state index in [0.29, 0.717) is 11.3 Å². The summed E-state index contributed by atoms with van der Waals surface area (Å²) in [7, 11) is 0. The van der Waals surface area contributed by atoms with Crippen LogP contribution in [0.5, 0.6) is 0 Å². The number of amides is 1. The van der Waals surface area contributed by atoms with Crippen LogP contribution in [0.2, 0.25) is 0 Å². The second-order valence-electron chi connectivity index (χ2n) is 5.46. The number of carbonyl (C=O) groups is 1. The maximum atomic E-state index is 11.6. The minimum atomic E-state index is -1.07. The minimum absolute atomic E-state index is 0.269. The molecule has 21 heavy (non-hydrogen) atoms. The summed E-state index contributed by atoms with van der Waals surface area (Å²) in [4.78, 5) is 13.8. The molecule has 1 fully saturated rings. The predicted octanol–water partition coefficient (Wildman–Crippen LogP) is 2.44. The van der Waals surface area contributed by atoms with E-state index in [2.05, 4.69) is 33.1 Å². The van der Waals surface area contributed by atoms with Crippen molar-refractivity contribution in [1.82, 2.24) is 0 Å². The number of fused-ring (bicyclic) bond motifs is 1. The molecule has 2 aliphatic heterocycles. The van der Waals surface area contributed by atoms with Gasteiger partial charge in [0.15, 0.2) is 6.10 Å². The first kappa shape index (κ1) is 14.8. The van der Waals surface area contributed by atoms with E-state index in [-0.39, 0.29) is 12.0 Å². The van der Waals surface area contributed by atoms with Crippen molar-refractivity contribution in [3.63, 3.8) is 0 Å². The summed E-state index contributed by atoms with van der Waals surface area (Å²) in [5.74, 6) is -0.365. The van der Waals surface area contributed by atoms with Crippen LogP contribution in [0, 0.1) is 0 Å². The van der Waals surface area contributed by atoms with Gasteiger partial charge in [0.05, 0.1) is 11.8 Å². The Morgan fingerprint density at radius 2 is 2.33 bits per heavy atom. The molecule has 6 heteroatoms. The van der Waals surface area contributed by atoms with Crippen molar-refractivity contribution in [1.29, 1.82) is 0 Å². The third-order valence-electron chi connectivity index (χ3n) is 4.09. The molecular formula is C15H19BrN2O3. The number of aliphatic hydroxyl groups is 1. The number of likely N-dealkylation sites (N-methyl/N-ethyl adjacent to an activating group) is 1. The lowest BCUT2D eigenvalue weighted by molar-refractivity contribution is -0.123. The number of aliphatic hydroxyl groups excluding tert-OH is 1. The Balaban J connectivity index is 1.87. The van der Waals surface area contributed by atoms with Gasteiger partial charge >= 0.3 is 0 Å². The lowest BCUT2D eigenvalue weighted by atomic mass is 10.1. The van der Waals surface area contributed by atoms with Gasteiger partial charge < -0.3 is 20.1 Å². The smallest absolute Gasteiger partial charge is 0.257 e. The Morgan fingerprint density at radius 1 is 1.52 bits per heavy atom. The highest BCUT2D eigenvalue weighted by molar-refractivity contribution is 9.10. The van der Waals surface area contributed by atoms with Crippen molar-refractivity contribution >= 4 is 33.2 Å². The van der Waals surface area contributed by atoms with Crippen LogP contribution in [0.3, 0.4) is 0 Å². The van der Waals surface area contributed by atoms with E-state index in [1.165, 1.54) is 0 Å². The average molecular weight is 355 g/mol. The zero-order chi connectivity index (χ0) is 15.0. The number of rotatable bonds is 4. The molecule has 3 rings (SSSR count). The van der Waals surface area contributed by atoms with E-state index in [1.807, 2.05) is 12.1 Å². The molecule has 1 aromatic carbocycles. The second kappa shape index (κ2) is 5.94. The van der Waals surface area contributed by atoms with Crippen molar-refractivity contribution in [2.24, 2.45) is 0 Å². The number of anilines is 2. The molecule has 2 heterocycles. The Kier molecular flexibility index (Phi) is 4.19. The third kappa shape index (κ3) is 2.80. The SMILES string of the molecule is CCN(CC1CCCO1)c1cc2c(cc1Br)C(O)C(=O)N2. The van der Waals surface area contributed by atoms with Gasteiger partial charge in [-0.15, -0.1) is 0 Å². The van der Waals surface area contributed by atoms with Crippen LogP contribution in [0.15, 0.2) is 16.6 Å². The highest BCUT2D eigenvalue weighted by Gasteiger charge is 2.30. The Hall–Kier alpha value is -1.11. The molecule has 114 valence electrons. The van der Waals surface area contributed by atoms with Crippen LogP contribution in [0.1, 0.15) is 31.4 Å². The Bertz CT molecular complexity index is 558. The van der Waals surface area contributed by atoms with E-state index in [4.69, 9.17) is 4.74 Å².